The standard InChI is InChI=1S/C26H21ClN2O4S2/c1-16-6-7-18(14-22(16)27)28-24(30)15-33-21-5-3-4-17(12-21)13-23-25(31)29(26(34)35-23)19-8-10-20(32-2)11-9-19/h3-14H,15H2,1-2H3,(H,28,30)/b23-13-. The molecule has 2 amide bonds. The van der Waals surface area contributed by atoms with Crippen molar-refractivity contribution >= 4 is 69.2 Å². The number of carbonyl (C=O) groups excluding carboxylic acids is 2. The van der Waals surface area contributed by atoms with Crippen molar-refractivity contribution in [3.05, 3.63) is 87.8 Å². The predicted molar refractivity (Wildman–Crippen MR) is 145 cm³/mol. The van der Waals surface area contributed by atoms with Gasteiger partial charge in [0.15, 0.2) is 10.9 Å². The van der Waals surface area contributed by atoms with Gasteiger partial charge in [-0.25, -0.2) is 0 Å². The smallest absolute Gasteiger partial charge is 0.270 e. The lowest BCUT2D eigenvalue weighted by molar-refractivity contribution is -0.118. The minimum absolute atomic E-state index is 0.172. The third kappa shape index (κ3) is 6.03. The lowest BCUT2D eigenvalue weighted by atomic mass is 10.2. The molecular formula is C26H21ClN2O4S2. The number of methoxy groups -OCH3 is 1. The number of carbonyl (C=O) groups is 2. The van der Waals surface area contributed by atoms with E-state index in [2.05, 4.69) is 5.32 Å². The van der Waals surface area contributed by atoms with Crippen LogP contribution in [0.3, 0.4) is 0 Å². The molecule has 0 unspecified atom stereocenters. The maximum atomic E-state index is 13.0. The van der Waals surface area contributed by atoms with Gasteiger partial charge < -0.3 is 14.8 Å². The topological polar surface area (TPSA) is 67.9 Å². The van der Waals surface area contributed by atoms with Crippen molar-refractivity contribution in [2.24, 2.45) is 0 Å². The zero-order valence-electron chi connectivity index (χ0n) is 18.9. The first-order valence-electron chi connectivity index (χ1n) is 10.5. The first-order chi connectivity index (χ1) is 16.8. The van der Waals surface area contributed by atoms with E-state index in [4.69, 9.17) is 33.3 Å². The molecule has 3 aromatic rings. The molecule has 0 spiro atoms. The van der Waals surface area contributed by atoms with Crippen molar-refractivity contribution in [3.8, 4) is 11.5 Å². The molecule has 1 aliphatic heterocycles. The Morgan fingerprint density at radius 2 is 1.89 bits per heavy atom. The summed E-state index contributed by atoms with van der Waals surface area (Å²) in [5.41, 5.74) is 2.96. The van der Waals surface area contributed by atoms with Gasteiger partial charge in [0.2, 0.25) is 0 Å². The van der Waals surface area contributed by atoms with Gasteiger partial charge in [-0.1, -0.05) is 53.8 Å². The molecule has 0 saturated carbocycles. The number of halogens is 1. The normalized spacial score (nSPS) is 14.4. The third-order valence-corrected chi connectivity index (χ3v) is 6.82. The summed E-state index contributed by atoms with van der Waals surface area (Å²) in [5.74, 6) is 0.688. The summed E-state index contributed by atoms with van der Waals surface area (Å²) in [4.78, 5) is 27.3. The van der Waals surface area contributed by atoms with Crippen molar-refractivity contribution in [3.63, 3.8) is 0 Å². The lowest BCUT2D eigenvalue weighted by Crippen LogP contribution is -2.27. The Labute approximate surface area is 217 Å². The molecule has 0 aromatic heterocycles. The second-order valence-electron chi connectivity index (χ2n) is 7.59. The Morgan fingerprint density at radius 3 is 2.60 bits per heavy atom. The van der Waals surface area contributed by atoms with E-state index >= 15 is 0 Å². The van der Waals surface area contributed by atoms with E-state index in [0.29, 0.717) is 37.1 Å². The van der Waals surface area contributed by atoms with Gasteiger partial charge in [-0.05, 0) is 72.7 Å². The number of thioether (sulfide) groups is 1. The van der Waals surface area contributed by atoms with Crippen LogP contribution < -0.4 is 19.7 Å². The van der Waals surface area contributed by atoms with Crippen LogP contribution in [0, 0.1) is 6.92 Å². The number of aryl methyl sites for hydroxylation is 1. The zero-order valence-corrected chi connectivity index (χ0v) is 21.3. The number of rotatable bonds is 7. The van der Waals surface area contributed by atoms with Crippen molar-refractivity contribution in [2.75, 3.05) is 23.9 Å². The highest BCUT2D eigenvalue weighted by Crippen LogP contribution is 2.36. The van der Waals surface area contributed by atoms with Gasteiger partial charge >= 0.3 is 0 Å². The quantitative estimate of drug-likeness (QED) is 0.298. The van der Waals surface area contributed by atoms with E-state index < -0.39 is 0 Å². The maximum absolute atomic E-state index is 13.0. The monoisotopic (exact) mass is 524 g/mol. The Balaban J connectivity index is 1.41. The second-order valence-corrected chi connectivity index (χ2v) is 9.67. The van der Waals surface area contributed by atoms with Crippen LogP contribution in [-0.4, -0.2) is 29.9 Å². The number of nitrogens with zero attached hydrogens (tertiary/aromatic N) is 1. The van der Waals surface area contributed by atoms with Gasteiger partial charge in [0.25, 0.3) is 11.8 Å². The van der Waals surface area contributed by atoms with E-state index in [0.717, 1.165) is 11.1 Å². The maximum Gasteiger partial charge on any atom is 0.270 e. The van der Waals surface area contributed by atoms with E-state index in [1.165, 1.54) is 16.7 Å². The van der Waals surface area contributed by atoms with Gasteiger partial charge in [-0.2, -0.15) is 0 Å². The summed E-state index contributed by atoms with van der Waals surface area (Å²) in [5, 5.41) is 3.33. The van der Waals surface area contributed by atoms with Crippen LogP contribution in [0.25, 0.3) is 6.08 Å². The highest BCUT2D eigenvalue weighted by molar-refractivity contribution is 8.27. The Kier molecular flexibility index (Phi) is 7.75. The summed E-state index contributed by atoms with van der Waals surface area (Å²) in [6.45, 7) is 1.72. The first-order valence-corrected chi connectivity index (χ1v) is 12.1. The molecule has 0 bridgehead atoms. The summed E-state index contributed by atoms with van der Waals surface area (Å²) in [6, 6.07) is 19.6. The number of ether oxygens (including phenoxy) is 2. The molecule has 1 N–H and O–H groups in total. The molecule has 35 heavy (non-hydrogen) atoms. The number of hydrogen-bond donors (Lipinski definition) is 1. The Morgan fingerprint density at radius 1 is 1.11 bits per heavy atom. The van der Waals surface area contributed by atoms with Crippen LogP contribution in [0.15, 0.2) is 71.6 Å². The first kappa shape index (κ1) is 24.8. The molecule has 1 heterocycles. The molecule has 1 aliphatic rings. The molecule has 178 valence electrons. The highest BCUT2D eigenvalue weighted by Gasteiger charge is 2.33. The SMILES string of the molecule is COc1ccc(N2C(=O)/C(=C/c3cccc(OCC(=O)Nc4ccc(C)c(Cl)c4)c3)SC2=S)cc1. The van der Waals surface area contributed by atoms with Gasteiger partial charge in [0, 0.05) is 10.7 Å². The molecule has 1 fully saturated rings. The molecule has 1 saturated heterocycles. The van der Waals surface area contributed by atoms with Gasteiger partial charge in [0.05, 0.1) is 17.7 Å². The number of amides is 2. The van der Waals surface area contributed by atoms with Gasteiger partial charge in [-0.3, -0.25) is 14.5 Å². The molecular weight excluding hydrogens is 504 g/mol. The van der Waals surface area contributed by atoms with Crippen LogP contribution in [0.4, 0.5) is 11.4 Å². The summed E-state index contributed by atoms with van der Waals surface area (Å²) in [6.07, 6.45) is 1.75. The molecule has 4 rings (SSSR count). The number of nitrogens with one attached hydrogen (secondary N) is 1. The third-order valence-electron chi connectivity index (χ3n) is 5.11. The highest BCUT2D eigenvalue weighted by atomic mass is 35.5. The predicted octanol–water partition coefficient (Wildman–Crippen LogP) is 6.08. The Bertz CT molecular complexity index is 1330. The fourth-order valence-corrected chi connectivity index (χ4v) is 4.76. The number of benzene rings is 3. The van der Waals surface area contributed by atoms with E-state index in [1.807, 2.05) is 19.1 Å². The molecule has 6 nitrogen and oxygen atoms in total. The van der Waals surface area contributed by atoms with Crippen LogP contribution in [0.2, 0.25) is 5.02 Å². The van der Waals surface area contributed by atoms with Crippen LogP contribution >= 0.6 is 35.6 Å². The van der Waals surface area contributed by atoms with E-state index in [9.17, 15) is 9.59 Å². The fourth-order valence-electron chi connectivity index (χ4n) is 3.28. The second kappa shape index (κ2) is 10.9. The van der Waals surface area contributed by atoms with Crippen molar-refractivity contribution in [2.45, 2.75) is 6.92 Å². The summed E-state index contributed by atoms with van der Waals surface area (Å²) in [7, 11) is 1.58. The number of hydrogen-bond acceptors (Lipinski definition) is 6. The molecule has 0 atom stereocenters. The molecule has 9 heteroatoms. The van der Waals surface area contributed by atoms with E-state index in [1.54, 1.807) is 67.8 Å². The number of thiocarbonyl (C=S) groups is 1. The largest absolute Gasteiger partial charge is 0.497 e. The van der Waals surface area contributed by atoms with E-state index in [-0.39, 0.29) is 18.4 Å². The van der Waals surface area contributed by atoms with Crippen molar-refractivity contribution < 1.29 is 19.1 Å². The lowest BCUT2D eigenvalue weighted by Gasteiger charge is -2.14. The number of anilines is 2. The van der Waals surface area contributed by atoms with Crippen molar-refractivity contribution in [1.29, 1.82) is 0 Å². The minimum Gasteiger partial charge on any atom is -0.497 e. The Hall–Kier alpha value is -3.33. The van der Waals surface area contributed by atoms with Crippen LogP contribution in [-0.2, 0) is 9.59 Å². The average Bonchev–Trinajstić information content (AvgIpc) is 3.13. The minimum atomic E-state index is -0.310. The summed E-state index contributed by atoms with van der Waals surface area (Å²) >= 11 is 12.8. The van der Waals surface area contributed by atoms with Crippen LogP contribution in [0.5, 0.6) is 11.5 Å². The summed E-state index contributed by atoms with van der Waals surface area (Å²) < 4.78 is 11.3. The molecule has 3 aromatic carbocycles. The molecule has 0 aliphatic carbocycles. The fraction of sp³-hybridized carbons (Fsp3) is 0.115. The van der Waals surface area contributed by atoms with Crippen molar-refractivity contribution in [1.82, 2.24) is 0 Å². The van der Waals surface area contributed by atoms with Crippen LogP contribution in [0.1, 0.15) is 11.1 Å². The molecule has 0 radical (unpaired) electrons. The van der Waals surface area contributed by atoms with Gasteiger partial charge in [0.1, 0.15) is 11.5 Å². The van der Waals surface area contributed by atoms with Gasteiger partial charge in [-0.15, -0.1) is 0 Å². The zero-order chi connectivity index (χ0) is 24.9. The average molecular weight is 525 g/mol.